The second-order valence-electron chi connectivity index (χ2n) is 8.52. The van der Waals surface area contributed by atoms with E-state index in [0.717, 1.165) is 54.1 Å². The van der Waals surface area contributed by atoms with Crippen LogP contribution in [0.2, 0.25) is 0 Å². The Labute approximate surface area is 193 Å². The third-order valence-corrected chi connectivity index (χ3v) is 7.38. The molecule has 0 aliphatic carbocycles. The summed E-state index contributed by atoms with van der Waals surface area (Å²) >= 11 is 1.53. The smallest absolute Gasteiger partial charge is 0.302 e. The number of hydrogen-bond donors (Lipinski definition) is 0. The molecule has 32 heavy (non-hydrogen) atoms. The molecule has 0 saturated carbocycles. The molecular formula is C26H29N3O2S. The number of rotatable bonds is 7. The highest BCUT2D eigenvalue weighted by atomic mass is 32.1. The predicted molar refractivity (Wildman–Crippen MR) is 128 cm³/mol. The number of para-hydroxylation sites is 1. The standard InChI is InChI=1S/C26H29N3O2S/c1-18(31-19(2)30)23(17-27)26-28-25-22(9-6-10-24(25)32-26)21-12-15-29(16-13-21)14-11-20-7-4-3-5-8-20/h3-10,18,21,23H,11-16H2,1-2H3. The second kappa shape index (κ2) is 10.2. The molecule has 6 heteroatoms. The minimum atomic E-state index is -0.552. The van der Waals surface area contributed by atoms with E-state index in [2.05, 4.69) is 59.5 Å². The first-order valence-electron chi connectivity index (χ1n) is 11.3. The molecule has 4 rings (SSSR count). The number of benzene rings is 2. The van der Waals surface area contributed by atoms with Crippen molar-refractivity contribution in [3.8, 4) is 6.07 Å². The Morgan fingerprint density at radius 2 is 1.97 bits per heavy atom. The number of piperidine rings is 1. The first-order chi connectivity index (χ1) is 15.5. The van der Waals surface area contributed by atoms with E-state index in [4.69, 9.17) is 9.72 Å². The van der Waals surface area contributed by atoms with Crippen molar-refractivity contribution in [1.82, 2.24) is 9.88 Å². The van der Waals surface area contributed by atoms with Gasteiger partial charge in [-0.15, -0.1) is 11.3 Å². The fraction of sp³-hybridized carbons (Fsp3) is 0.423. The Hall–Kier alpha value is -2.75. The van der Waals surface area contributed by atoms with Crippen molar-refractivity contribution < 1.29 is 9.53 Å². The highest BCUT2D eigenvalue weighted by Gasteiger charge is 2.27. The number of ether oxygens (including phenoxy) is 1. The van der Waals surface area contributed by atoms with Crippen molar-refractivity contribution in [2.75, 3.05) is 19.6 Å². The van der Waals surface area contributed by atoms with E-state index < -0.39 is 12.0 Å². The Bertz CT molecular complexity index is 1100. The van der Waals surface area contributed by atoms with E-state index in [0.29, 0.717) is 5.92 Å². The summed E-state index contributed by atoms with van der Waals surface area (Å²) in [5.74, 6) is -0.449. The van der Waals surface area contributed by atoms with Crippen LogP contribution in [0.5, 0.6) is 0 Å². The van der Waals surface area contributed by atoms with Crippen LogP contribution in [0.25, 0.3) is 10.2 Å². The van der Waals surface area contributed by atoms with Crippen molar-refractivity contribution in [1.29, 1.82) is 5.26 Å². The van der Waals surface area contributed by atoms with E-state index >= 15 is 0 Å². The van der Waals surface area contributed by atoms with Gasteiger partial charge in [0.2, 0.25) is 0 Å². The zero-order chi connectivity index (χ0) is 22.5. The minimum absolute atomic E-state index is 0.376. The molecule has 0 amide bonds. The second-order valence-corrected chi connectivity index (χ2v) is 9.58. The molecule has 1 saturated heterocycles. The van der Waals surface area contributed by atoms with Gasteiger partial charge in [-0.25, -0.2) is 4.98 Å². The van der Waals surface area contributed by atoms with Crippen molar-refractivity contribution in [2.45, 2.75) is 51.0 Å². The Kier molecular flexibility index (Phi) is 7.19. The molecule has 3 aromatic rings. The van der Waals surface area contributed by atoms with Gasteiger partial charge in [-0.05, 0) is 62.4 Å². The number of aromatic nitrogens is 1. The van der Waals surface area contributed by atoms with Crippen molar-refractivity contribution >= 4 is 27.5 Å². The van der Waals surface area contributed by atoms with Gasteiger partial charge < -0.3 is 9.64 Å². The maximum atomic E-state index is 11.3. The number of fused-ring (bicyclic) bond motifs is 1. The number of likely N-dealkylation sites (tertiary alicyclic amines) is 1. The van der Waals surface area contributed by atoms with Gasteiger partial charge in [0.15, 0.2) is 0 Å². The number of hydrogen-bond acceptors (Lipinski definition) is 6. The lowest BCUT2D eigenvalue weighted by Gasteiger charge is -2.32. The van der Waals surface area contributed by atoms with Crippen LogP contribution < -0.4 is 0 Å². The maximum Gasteiger partial charge on any atom is 0.302 e. The van der Waals surface area contributed by atoms with Gasteiger partial charge in [0.05, 0.1) is 16.3 Å². The number of carbonyl (C=O) groups excluding carboxylic acids is 1. The summed E-state index contributed by atoms with van der Waals surface area (Å²) in [6.45, 7) is 6.41. The van der Waals surface area contributed by atoms with Crippen molar-refractivity contribution in [2.24, 2.45) is 0 Å². The van der Waals surface area contributed by atoms with E-state index in [1.165, 1.54) is 29.4 Å². The summed E-state index contributed by atoms with van der Waals surface area (Å²) in [4.78, 5) is 18.8. The molecule has 1 aromatic heterocycles. The SMILES string of the molecule is CC(=O)OC(C)C(C#N)c1nc2c(C3CCN(CCc4ccccc4)CC3)cccc2s1. The van der Waals surface area contributed by atoms with Gasteiger partial charge in [-0.2, -0.15) is 5.26 Å². The molecular weight excluding hydrogens is 418 g/mol. The summed E-state index contributed by atoms with van der Waals surface area (Å²) in [5.41, 5.74) is 3.68. The molecule has 2 atom stereocenters. The number of thiazole rings is 1. The lowest BCUT2D eigenvalue weighted by molar-refractivity contribution is -0.145. The fourth-order valence-electron chi connectivity index (χ4n) is 4.54. The molecule has 2 unspecified atom stereocenters. The minimum Gasteiger partial charge on any atom is -0.461 e. The lowest BCUT2D eigenvalue weighted by Crippen LogP contribution is -2.34. The molecule has 0 N–H and O–H groups in total. The zero-order valence-electron chi connectivity index (χ0n) is 18.7. The number of nitrogens with zero attached hydrogens (tertiary/aromatic N) is 3. The Balaban J connectivity index is 1.45. The molecule has 1 fully saturated rings. The summed E-state index contributed by atoms with van der Waals surface area (Å²) in [6, 6.07) is 19.3. The zero-order valence-corrected chi connectivity index (χ0v) is 19.5. The summed E-state index contributed by atoms with van der Waals surface area (Å²) in [7, 11) is 0. The predicted octanol–water partition coefficient (Wildman–Crippen LogP) is 5.28. The van der Waals surface area contributed by atoms with Gasteiger partial charge in [0.1, 0.15) is 17.0 Å². The summed E-state index contributed by atoms with van der Waals surface area (Å²) < 4.78 is 6.36. The van der Waals surface area contributed by atoms with Crippen LogP contribution in [-0.4, -0.2) is 41.6 Å². The monoisotopic (exact) mass is 447 g/mol. The average molecular weight is 448 g/mol. The van der Waals surface area contributed by atoms with Crippen LogP contribution in [0.15, 0.2) is 48.5 Å². The van der Waals surface area contributed by atoms with E-state index in [9.17, 15) is 10.1 Å². The Morgan fingerprint density at radius 3 is 2.66 bits per heavy atom. The molecule has 5 nitrogen and oxygen atoms in total. The number of nitriles is 1. The molecule has 0 radical (unpaired) electrons. The van der Waals surface area contributed by atoms with Crippen LogP contribution in [-0.2, 0) is 16.0 Å². The first kappa shape index (κ1) is 22.4. The first-order valence-corrected chi connectivity index (χ1v) is 12.1. The summed E-state index contributed by atoms with van der Waals surface area (Å²) in [5, 5.41) is 10.4. The molecule has 2 heterocycles. The van der Waals surface area contributed by atoms with Crippen LogP contribution in [0, 0.1) is 11.3 Å². The molecule has 2 aromatic carbocycles. The van der Waals surface area contributed by atoms with Gasteiger partial charge in [0, 0.05) is 13.5 Å². The largest absolute Gasteiger partial charge is 0.461 e. The third-order valence-electron chi connectivity index (χ3n) is 6.28. The molecule has 166 valence electrons. The van der Waals surface area contributed by atoms with E-state index in [1.54, 1.807) is 6.92 Å². The van der Waals surface area contributed by atoms with E-state index in [1.807, 2.05) is 0 Å². The third kappa shape index (κ3) is 5.17. The van der Waals surface area contributed by atoms with Crippen LogP contribution in [0.4, 0.5) is 0 Å². The van der Waals surface area contributed by atoms with Gasteiger partial charge in [0.25, 0.3) is 0 Å². The van der Waals surface area contributed by atoms with Gasteiger partial charge >= 0.3 is 5.97 Å². The van der Waals surface area contributed by atoms with Crippen LogP contribution in [0.1, 0.15) is 54.7 Å². The normalized spacial score (nSPS) is 17.0. The average Bonchev–Trinajstić information content (AvgIpc) is 3.22. The highest BCUT2D eigenvalue weighted by Crippen LogP contribution is 2.37. The van der Waals surface area contributed by atoms with Crippen LogP contribution >= 0.6 is 11.3 Å². The van der Waals surface area contributed by atoms with Gasteiger partial charge in [-0.3, -0.25) is 4.79 Å². The number of esters is 1. The van der Waals surface area contributed by atoms with E-state index in [-0.39, 0.29) is 5.97 Å². The topological polar surface area (TPSA) is 66.2 Å². The van der Waals surface area contributed by atoms with Crippen molar-refractivity contribution in [3.05, 3.63) is 64.7 Å². The maximum absolute atomic E-state index is 11.3. The fourth-order valence-corrected chi connectivity index (χ4v) is 5.68. The number of carbonyl (C=O) groups is 1. The molecule has 0 spiro atoms. The Morgan fingerprint density at radius 1 is 1.22 bits per heavy atom. The highest BCUT2D eigenvalue weighted by molar-refractivity contribution is 7.18. The van der Waals surface area contributed by atoms with Crippen LogP contribution in [0.3, 0.4) is 0 Å². The quantitative estimate of drug-likeness (QED) is 0.461. The van der Waals surface area contributed by atoms with Gasteiger partial charge in [-0.1, -0.05) is 42.5 Å². The summed E-state index contributed by atoms with van der Waals surface area (Å²) in [6.07, 6.45) is 2.81. The van der Waals surface area contributed by atoms with Crippen molar-refractivity contribution in [3.63, 3.8) is 0 Å². The molecule has 0 bridgehead atoms. The molecule has 1 aliphatic heterocycles. The molecule has 1 aliphatic rings. The lowest BCUT2D eigenvalue weighted by atomic mass is 9.88.